The van der Waals surface area contributed by atoms with Crippen molar-refractivity contribution in [3.63, 3.8) is 0 Å². The summed E-state index contributed by atoms with van der Waals surface area (Å²) >= 11 is 14.6. The molecule has 0 fully saturated rings. The molecule has 4 aliphatic heterocycles. The summed E-state index contributed by atoms with van der Waals surface area (Å²) in [5.74, 6) is 0.818. The first-order valence-electron chi connectivity index (χ1n) is 10.2. The number of carbonyl (C=O) groups excluding carboxylic acids is 2. The number of hydrogen-bond acceptors (Lipinski definition) is 10. The normalized spacial score (nSPS) is 32.5. The summed E-state index contributed by atoms with van der Waals surface area (Å²) in [5.41, 5.74) is 0. The van der Waals surface area contributed by atoms with E-state index in [9.17, 15) is 9.59 Å². The summed E-state index contributed by atoms with van der Waals surface area (Å²) in [6.45, 7) is 8.49. The van der Waals surface area contributed by atoms with E-state index in [2.05, 4.69) is 27.7 Å². The second-order valence-electron chi connectivity index (χ2n) is 7.00. The van der Waals surface area contributed by atoms with Crippen molar-refractivity contribution in [3.05, 3.63) is 25.4 Å². The van der Waals surface area contributed by atoms with Crippen molar-refractivity contribution < 1.29 is 9.59 Å². The monoisotopic (exact) mass is 552 g/mol. The number of thioether (sulfide) groups is 8. The molecule has 0 unspecified atom stereocenters. The van der Waals surface area contributed by atoms with E-state index in [4.69, 9.17) is 0 Å². The van der Waals surface area contributed by atoms with Crippen LogP contribution in [-0.4, -0.2) is 32.6 Å². The predicted octanol–water partition coefficient (Wildman–Crippen LogP) is 8.54. The molecule has 0 amide bonds. The van der Waals surface area contributed by atoms with E-state index in [1.54, 1.807) is 47.0 Å². The van der Waals surface area contributed by atoms with Crippen molar-refractivity contribution in [1.29, 1.82) is 0 Å². The molecule has 0 aromatic heterocycles. The van der Waals surface area contributed by atoms with Gasteiger partial charge in [0.15, 0.2) is 11.6 Å². The van der Waals surface area contributed by atoms with E-state index >= 15 is 0 Å². The standard InChI is InChI=1S/C20H24O2S8/c1-5-9-13(21)10(6-2)24-16-15(23-9)27-19(28-16)20-29-17-18(30-20)26-12(8-4)14(22)11(7-3)25-17/h9-12H,5-8H2,1-4H3/t9-,10-,11-,12+/m1/s1. The lowest BCUT2D eigenvalue weighted by atomic mass is 10.1. The van der Waals surface area contributed by atoms with Crippen molar-refractivity contribution in [2.45, 2.75) is 74.4 Å². The number of rotatable bonds is 4. The van der Waals surface area contributed by atoms with Gasteiger partial charge < -0.3 is 0 Å². The van der Waals surface area contributed by atoms with Crippen LogP contribution in [0.25, 0.3) is 0 Å². The van der Waals surface area contributed by atoms with Crippen molar-refractivity contribution >= 4 is 106 Å². The van der Waals surface area contributed by atoms with Crippen LogP contribution in [0.5, 0.6) is 0 Å². The third-order valence-electron chi connectivity index (χ3n) is 4.99. The highest BCUT2D eigenvalue weighted by molar-refractivity contribution is 8.45. The smallest absolute Gasteiger partial charge is 0.159 e. The van der Waals surface area contributed by atoms with Gasteiger partial charge in [-0.25, -0.2) is 0 Å². The molecule has 0 spiro atoms. The molecule has 0 N–H and O–H groups in total. The largest absolute Gasteiger partial charge is 0.297 e. The summed E-state index contributed by atoms with van der Waals surface area (Å²) in [6.07, 6.45) is 3.58. The van der Waals surface area contributed by atoms with E-state index in [-0.39, 0.29) is 21.0 Å². The Morgan fingerprint density at radius 2 is 0.700 bits per heavy atom. The SMILES string of the molecule is CC[C@@H]1SC2=C(SC(=C3SC4=C(S3)S[C@H](CC)C(=O)[C@@H](CC)S4)S2)S[C@H](CC)C1=O. The van der Waals surface area contributed by atoms with Gasteiger partial charge in [-0.15, -0.1) is 47.0 Å². The van der Waals surface area contributed by atoms with Gasteiger partial charge in [0.25, 0.3) is 0 Å². The third-order valence-corrected chi connectivity index (χ3v) is 17.9. The van der Waals surface area contributed by atoms with Crippen LogP contribution in [0.3, 0.4) is 0 Å². The summed E-state index contributed by atoms with van der Waals surface area (Å²) in [5, 5.41) is 0.329. The van der Waals surface area contributed by atoms with Gasteiger partial charge >= 0.3 is 0 Å². The first-order chi connectivity index (χ1) is 14.5. The highest BCUT2D eigenvalue weighted by Gasteiger charge is 2.40. The molecule has 0 bridgehead atoms. The molecule has 4 heterocycles. The van der Waals surface area contributed by atoms with Crippen molar-refractivity contribution in [2.24, 2.45) is 0 Å². The van der Waals surface area contributed by atoms with Gasteiger partial charge in [0.05, 0.1) is 46.4 Å². The molecule has 4 rings (SSSR count). The average molecular weight is 553 g/mol. The topological polar surface area (TPSA) is 34.1 Å². The molecule has 0 aromatic carbocycles. The molecule has 0 radical (unpaired) electrons. The zero-order valence-corrected chi connectivity index (χ0v) is 23.8. The van der Waals surface area contributed by atoms with Crippen LogP contribution < -0.4 is 0 Å². The van der Waals surface area contributed by atoms with E-state index < -0.39 is 0 Å². The number of hydrogen-bond donors (Lipinski definition) is 0. The van der Waals surface area contributed by atoms with Gasteiger partial charge in [-0.2, -0.15) is 0 Å². The molecular formula is C20H24O2S8. The molecule has 0 saturated carbocycles. The van der Waals surface area contributed by atoms with Gasteiger partial charge in [0, 0.05) is 0 Å². The maximum absolute atomic E-state index is 12.8. The molecule has 0 saturated heterocycles. The van der Waals surface area contributed by atoms with Crippen molar-refractivity contribution in [1.82, 2.24) is 0 Å². The Morgan fingerprint density at radius 1 is 0.467 bits per heavy atom. The highest BCUT2D eigenvalue weighted by Crippen LogP contribution is 2.68. The number of Topliss-reactive ketones (excluding diaryl/α,β-unsaturated/α-hetero) is 2. The molecule has 0 aromatic rings. The molecule has 4 aliphatic rings. The molecule has 10 heteroatoms. The molecule has 4 atom stereocenters. The lowest BCUT2D eigenvalue weighted by Gasteiger charge is -2.17. The fourth-order valence-corrected chi connectivity index (χ4v) is 16.3. The van der Waals surface area contributed by atoms with Crippen molar-refractivity contribution in [3.8, 4) is 0 Å². The van der Waals surface area contributed by atoms with Crippen LogP contribution in [0.1, 0.15) is 53.4 Å². The fraction of sp³-hybridized carbons (Fsp3) is 0.600. The van der Waals surface area contributed by atoms with E-state index in [0.717, 1.165) is 25.7 Å². The summed E-state index contributed by atoms with van der Waals surface area (Å²) < 4.78 is 7.99. The number of carbonyl (C=O) groups is 2. The molecule has 2 nitrogen and oxygen atoms in total. The molecule has 0 aliphatic carbocycles. The second kappa shape index (κ2) is 10.7. The van der Waals surface area contributed by atoms with Gasteiger partial charge in [-0.05, 0) is 25.7 Å². The van der Waals surface area contributed by atoms with E-state index in [1.807, 2.05) is 47.0 Å². The summed E-state index contributed by atoms with van der Waals surface area (Å²) in [6, 6.07) is 0. The molecule has 30 heavy (non-hydrogen) atoms. The first kappa shape index (κ1) is 24.5. The highest BCUT2D eigenvalue weighted by atomic mass is 32.3. The minimum Gasteiger partial charge on any atom is -0.297 e. The number of ketones is 2. The van der Waals surface area contributed by atoms with Crippen LogP contribution >= 0.6 is 94.1 Å². The van der Waals surface area contributed by atoms with Gasteiger partial charge in [0.2, 0.25) is 0 Å². The zero-order chi connectivity index (χ0) is 21.4. The predicted molar refractivity (Wildman–Crippen MR) is 148 cm³/mol. The summed E-state index contributed by atoms with van der Waals surface area (Å²) in [4.78, 5) is 25.6. The van der Waals surface area contributed by atoms with Crippen LogP contribution in [-0.2, 0) is 9.59 Å². The van der Waals surface area contributed by atoms with Crippen molar-refractivity contribution in [2.75, 3.05) is 0 Å². The molecular weight excluding hydrogens is 529 g/mol. The van der Waals surface area contributed by atoms with Gasteiger partial charge in [0.1, 0.15) is 0 Å². The van der Waals surface area contributed by atoms with Crippen LogP contribution in [0.15, 0.2) is 25.4 Å². The Balaban J connectivity index is 1.53. The Morgan fingerprint density at radius 3 is 0.900 bits per heavy atom. The Hall–Kier alpha value is 1.36. The lowest BCUT2D eigenvalue weighted by molar-refractivity contribution is -0.118. The van der Waals surface area contributed by atoms with Crippen LogP contribution in [0, 0.1) is 0 Å². The maximum atomic E-state index is 12.8. The Kier molecular flexibility index (Phi) is 8.77. The zero-order valence-electron chi connectivity index (χ0n) is 17.2. The minimum absolute atomic E-state index is 0.0823. The lowest BCUT2D eigenvalue weighted by Crippen LogP contribution is -2.26. The second-order valence-corrected chi connectivity index (χ2v) is 17.5. The average Bonchev–Trinajstić information content (AvgIpc) is 3.28. The van der Waals surface area contributed by atoms with E-state index in [1.165, 1.54) is 25.4 Å². The Bertz CT molecular complexity index is 718. The first-order valence-corrected chi connectivity index (χ1v) is 17.0. The summed E-state index contributed by atoms with van der Waals surface area (Å²) in [7, 11) is 0. The van der Waals surface area contributed by atoms with E-state index in [0.29, 0.717) is 11.6 Å². The molecule has 164 valence electrons. The van der Waals surface area contributed by atoms with Crippen LogP contribution in [0.2, 0.25) is 0 Å². The van der Waals surface area contributed by atoms with Gasteiger partial charge in [-0.1, -0.05) is 74.7 Å². The minimum atomic E-state index is 0.0823. The van der Waals surface area contributed by atoms with Crippen LogP contribution in [0.4, 0.5) is 0 Å². The maximum Gasteiger partial charge on any atom is 0.159 e. The quantitative estimate of drug-likeness (QED) is 0.338. The van der Waals surface area contributed by atoms with Gasteiger partial charge in [-0.3, -0.25) is 9.59 Å². The third kappa shape index (κ3) is 4.91. The fourth-order valence-electron chi connectivity index (χ4n) is 3.30. The Labute approximate surface area is 213 Å².